The summed E-state index contributed by atoms with van der Waals surface area (Å²) in [6.45, 7) is 12.4. The monoisotopic (exact) mass is 871 g/mol. The van der Waals surface area contributed by atoms with E-state index in [1.54, 1.807) is 12.1 Å². The Bertz CT molecular complexity index is 4650. The normalized spacial score (nSPS) is 16.9. The molecule has 66 heavy (non-hydrogen) atoms. The lowest BCUT2D eigenvalue weighted by Crippen LogP contribution is -2.12. The first kappa shape index (κ1) is 23.4. The van der Waals surface area contributed by atoms with Gasteiger partial charge in [-0.25, -0.2) is 0 Å². The van der Waals surface area contributed by atoms with Crippen LogP contribution in [0.25, 0.3) is 76.2 Å². The first-order valence-corrected chi connectivity index (χ1v) is 21.6. The average molecular weight is 871 g/mol. The minimum absolute atomic E-state index is 0.171. The lowest BCUT2D eigenvalue weighted by molar-refractivity contribution is 0.594. The highest BCUT2D eigenvalue weighted by atomic mass is 15.2. The topological polar surface area (TPSA) is 15.3 Å². The van der Waals surface area contributed by atoms with Gasteiger partial charge in [0, 0.05) is 65.8 Å². The summed E-state index contributed by atoms with van der Waals surface area (Å²) in [7, 11) is 0. The molecule has 0 saturated carbocycles. The second-order valence-electron chi connectivity index (χ2n) is 18.7. The maximum absolute atomic E-state index is 9.34. The van der Waals surface area contributed by atoms with Gasteiger partial charge in [0.1, 0.15) is 0 Å². The van der Waals surface area contributed by atoms with E-state index in [1.165, 1.54) is 9.80 Å². The van der Waals surface area contributed by atoms with Gasteiger partial charge in [-0.05, 0) is 94.6 Å². The fourth-order valence-corrected chi connectivity index (χ4v) is 10.4. The van der Waals surface area contributed by atoms with Crippen molar-refractivity contribution in [2.24, 2.45) is 0 Å². The molecule has 318 valence electrons. The molecule has 0 N–H and O–H groups in total. The number of anilines is 6. The summed E-state index contributed by atoms with van der Waals surface area (Å²) < 4.78 is 184. The van der Waals surface area contributed by atoms with Crippen LogP contribution in [0, 0.1) is 0 Å². The van der Waals surface area contributed by atoms with Gasteiger partial charge in [0.25, 0.3) is 0 Å². The predicted octanol–water partition coefficient (Wildman–Crippen LogP) is 17.5. The molecule has 0 atom stereocenters. The maximum Gasteiger partial charge on any atom is 0.0645 e. The number of nitrogens with zero attached hydrogens (tertiary/aromatic N) is 4. The molecule has 4 heteroatoms. The molecule has 9 aromatic carbocycles. The van der Waals surface area contributed by atoms with E-state index in [4.69, 9.17) is 16.4 Å². The maximum atomic E-state index is 9.34. The number of para-hydroxylation sites is 6. The van der Waals surface area contributed by atoms with E-state index in [1.807, 2.05) is 48.5 Å². The van der Waals surface area contributed by atoms with Crippen LogP contribution in [0.15, 0.2) is 194 Å². The Kier molecular flexibility index (Phi) is 4.91. The molecule has 0 bridgehead atoms. The van der Waals surface area contributed by atoms with Gasteiger partial charge in [0.15, 0.2) is 0 Å². The Hall–Kier alpha value is -7.82. The van der Waals surface area contributed by atoms with Crippen LogP contribution in [0.3, 0.4) is 0 Å². The molecule has 0 fully saturated rings. The van der Waals surface area contributed by atoms with E-state index >= 15 is 0 Å². The SMILES string of the molecule is [2H]c1c([2H])c([2H])c(N(c2c([2H])c([2H])c([2H])c([2H])c2[2H])c2ccc3c4cc5c(cc4n4c6c(C(C)(C)C)cccc6c2c34)c2ccc(N(c3c([2H])c([2H])c([2H])c([2H])c3[2H])c3c([2H])c([2H])c([2H])c([2H])c3[2H])c3c4cccc(C(C)(C)C)c4n5c23)c([2H])c1[2H]. The van der Waals surface area contributed by atoms with Crippen LogP contribution in [-0.4, -0.2) is 8.80 Å². The van der Waals surface area contributed by atoms with E-state index in [0.717, 1.165) is 32.9 Å². The number of rotatable bonds is 6. The minimum atomic E-state index is -0.695. The minimum Gasteiger partial charge on any atom is -0.310 e. The molecular formula is C62H50N4. The number of benzene rings is 9. The standard InChI is InChI=1S/C62H50N4/c1-61(2,3)49-31-19-29-45-55-51(63(39-21-11-7-12-22-39)40-23-13-8-14-24-40)35-33-43-47-38-54-48(37-53(47)65(57(45)49)59(43)55)44-34-36-52(64(41-25-15-9-16-26-41)42-27-17-10-18-28-42)56-46-30-20-32-50(62(4,5)6)58(46)66(54)60(44)56/h7-38H,1-6H3/i7D,8D,9D,10D,11D,12D,13D,14D,15D,16D,17D,18D,21D,22D,23D,24D,25D,26D,27D,28D. The number of aromatic nitrogens is 2. The Balaban J connectivity index is 1.23. The zero-order valence-electron chi connectivity index (χ0n) is 56.7. The summed E-state index contributed by atoms with van der Waals surface area (Å²) in [5, 5.41) is 5.19. The van der Waals surface area contributed by atoms with E-state index in [2.05, 4.69) is 62.5 Å². The first-order valence-electron chi connectivity index (χ1n) is 31.6. The third-order valence-electron chi connectivity index (χ3n) is 12.9. The molecule has 4 heterocycles. The summed E-state index contributed by atoms with van der Waals surface area (Å²) in [6.07, 6.45) is 0. The molecule has 0 aliphatic carbocycles. The van der Waals surface area contributed by atoms with Gasteiger partial charge in [-0.15, -0.1) is 0 Å². The van der Waals surface area contributed by atoms with Crippen LogP contribution in [-0.2, 0) is 10.8 Å². The smallest absolute Gasteiger partial charge is 0.0645 e. The van der Waals surface area contributed by atoms with Crippen LogP contribution in [0.4, 0.5) is 34.1 Å². The van der Waals surface area contributed by atoms with Gasteiger partial charge in [-0.3, -0.25) is 0 Å². The molecule has 13 rings (SSSR count). The first-order chi connectivity index (χ1) is 40.4. The van der Waals surface area contributed by atoms with Gasteiger partial charge in [-0.1, -0.05) is 163 Å². The Morgan fingerprint density at radius 1 is 0.364 bits per heavy atom. The molecule has 0 radical (unpaired) electrons. The van der Waals surface area contributed by atoms with Crippen LogP contribution in [0.5, 0.6) is 0 Å². The summed E-state index contributed by atoms with van der Waals surface area (Å²) >= 11 is 0. The van der Waals surface area contributed by atoms with Gasteiger partial charge < -0.3 is 18.6 Å². The Labute approximate surface area is 412 Å². The lowest BCUT2D eigenvalue weighted by atomic mass is 9.85. The van der Waals surface area contributed by atoms with Crippen molar-refractivity contribution in [3.8, 4) is 0 Å². The van der Waals surface area contributed by atoms with Crippen molar-refractivity contribution < 1.29 is 27.4 Å². The Morgan fingerprint density at radius 3 is 1.02 bits per heavy atom. The van der Waals surface area contributed by atoms with Crippen molar-refractivity contribution in [3.63, 3.8) is 0 Å². The molecule has 0 amide bonds. The average Bonchev–Trinajstić information content (AvgIpc) is 1.50. The lowest BCUT2D eigenvalue weighted by Gasteiger charge is -2.26. The van der Waals surface area contributed by atoms with Crippen LogP contribution in [0.2, 0.25) is 0 Å². The van der Waals surface area contributed by atoms with Crippen molar-refractivity contribution in [1.82, 2.24) is 8.80 Å². The highest BCUT2D eigenvalue weighted by molar-refractivity contribution is 6.32. The number of hydrogen-bond donors (Lipinski definition) is 0. The predicted molar refractivity (Wildman–Crippen MR) is 283 cm³/mol. The molecule has 0 unspecified atom stereocenters. The van der Waals surface area contributed by atoms with Crippen LogP contribution >= 0.6 is 0 Å². The highest BCUT2D eigenvalue weighted by Gasteiger charge is 2.31. The fourth-order valence-electron chi connectivity index (χ4n) is 10.4. The van der Waals surface area contributed by atoms with Crippen molar-refractivity contribution in [2.45, 2.75) is 52.4 Å². The zero-order valence-corrected chi connectivity index (χ0v) is 36.7. The molecule has 0 spiro atoms. The van der Waals surface area contributed by atoms with Crippen molar-refractivity contribution in [1.29, 1.82) is 0 Å². The molecular weight excluding hydrogens is 801 g/mol. The molecule has 0 saturated heterocycles. The van der Waals surface area contributed by atoms with E-state index in [9.17, 15) is 11.0 Å². The summed E-state index contributed by atoms with van der Waals surface area (Å²) in [6, 6.07) is 9.17. The summed E-state index contributed by atoms with van der Waals surface area (Å²) in [4.78, 5) is 2.41. The fraction of sp³-hybridized carbons (Fsp3) is 0.129. The third kappa shape index (κ3) is 5.39. The molecule has 4 nitrogen and oxygen atoms in total. The number of hydrogen-bond acceptors (Lipinski definition) is 2. The van der Waals surface area contributed by atoms with Crippen LogP contribution in [0.1, 0.15) is 80.1 Å². The van der Waals surface area contributed by atoms with E-state index in [-0.39, 0.29) is 11.4 Å². The van der Waals surface area contributed by atoms with E-state index < -0.39 is 154 Å². The van der Waals surface area contributed by atoms with Gasteiger partial charge >= 0.3 is 0 Å². The largest absolute Gasteiger partial charge is 0.310 e. The van der Waals surface area contributed by atoms with E-state index in [0.29, 0.717) is 54.4 Å². The number of fused-ring (bicyclic) bond motifs is 12. The zero-order chi connectivity index (χ0) is 62.0. The van der Waals surface area contributed by atoms with Gasteiger partial charge in [0.05, 0.1) is 71.9 Å². The second-order valence-corrected chi connectivity index (χ2v) is 18.7. The van der Waals surface area contributed by atoms with Crippen LogP contribution < -0.4 is 9.80 Å². The summed E-state index contributed by atoms with van der Waals surface area (Å²) in [5.41, 5.74) is 3.52. The van der Waals surface area contributed by atoms with Crippen molar-refractivity contribution in [3.05, 3.63) is 205 Å². The molecule has 4 aromatic heterocycles. The third-order valence-corrected chi connectivity index (χ3v) is 12.9. The summed E-state index contributed by atoms with van der Waals surface area (Å²) in [5.74, 6) is 0. The van der Waals surface area contributed by atoms with Gasteiger partial charge in [0.2, 0.25) is 0 Å². The quantitative estimate of drug-likeness (QED) is 0.165. The highest BCUT2D eigenvalue weighted by Crippen LogP contribution is 2.52. The Morgan fingerprint density at radius 2 is 0.697 bits per heavy atom. The van der Waals surface area contributed by atoms with Gasteiger partial charge in [-0.2, -0.15) is 0 Å². The second kappa shape index (κ2) is 13.8. The molecule has 13 aromatic rings. The molecule has 0 aliphatic rings. The van der Waals surface area contributed by atoms with Crippen molar-refractivity contribution in [2.75, 3.05) is 9.80 Å². The molecule has 0 aliphatic heterocycles. The van der Waals surface area contributed by atoms with Crippen molar-refractivity contribution >= 4 is 110 Å².